The van der Waals surface area contributed by atoms with Crippen molar-refractivity contribution in [2.75, 3.05) is 6.54 Å². The van der Waals surface area contributed by atoms with E-state index in [2.05, 4.69) is 16.1 Å². The number of ether oxygens (including phenoxy) is 1. The molecule has 13 heteroatoms. The number of nitrogens with zero attached hydrogens (tertiary/aromatic N) is 1. The molecule has 3 amide bonds. The predicted molar refractivity (Wildman–Crippen MR) is 222 cm³/mol. The van der Waals surface area contributed by atoms with E-state index in [1.165, 1.54) is 24.1 Å². The number of hydrogen-bond donors (Lipinski definition) is 5. The van der Waals surface area contributed by atoms with Crippen LogP contribution >= 0.6 is 0 Å². The highest BCUT2D eigenvalue weighted by Crippen LogP contribution is 2.24. The van der Waals surface area contributed by atoms with Gasteiger partial charge in [0.2, 0.25) is 11.8 Å². The minimum Gasteiger partial charge on any atom is -0.508 e. The molecule has 5 N–H and O–H groups in total. The maximum absolute atomic E-state index is 14.3. The van der Waals surface area contributed by atoms with Gasteiger partial charge >= 0.3 is 5.97 Å². The van der Waals surface area contributed by atoms with E-state index < -0.39 is 77.2 Å². The van der Waals surface area contributed by atoms with Crippen LogP contribution in [0, 0.1) is 23.2 Å². The lowest BCUT2D eigenvalue weighted by atomic mass is 9.85. The molecule has 13 nitrogen and oxygen atoms in total. The SMILES string of the molecule is CC(=O)CCC1C(=O)NC(C(C)C)C(=O)NC(Cc2cccc(O)c2)C(=O)N2CCCC(N2)C(=O)OC(C(C)=CCCC(=O)C(C)(C)C)CC=CC=CCC(C)C1O. The number of aliphatic hydroxyl groups is 1. The number of ketones is 2. The number of rotatable bonds is 10. The summed E-state index contributed by atoms with van der Waals surface area (Å²) in [6, 6.07) is 3.20. The Hall–Kier alpha value is -4.62. The van der Waals surface area contributed by atoms with Gasteiger partial charge in [0.05, 0.1) is 12.0 Å². The van der Waals surface area contributed by atoms with E-state index in [0.29, 0.717) is 44.1 Å². The van der Waals surface area contributed by atoms with Crippen molar-refractivity contribution in [3.05, 3.63) is 65.8 Å². The third kappa shape index (κ3) is 15.0. The molecule has 0 aliphatic carbocycles. The summed E-state index contributed by atoms with van der Waals surface area (Å²) in [4.78, 5) is 80.7. The van der Waals surface area contributed by atoms with Crippen LogP contribution in [-0.2, 0) is 39.9 Å². The summed E-state index contributed by atoms with van der Waals surface area (Å²) >= 11 is 0. The standard InChI is InChI=1S/C45H66N4O9/c1-28(2)39-42(55)46-36(27-32-18-14-19-33(51)26-32)43(56)49-25-15-20-35(48-49)44(57)58-37(29(3)17-13-22-38(52)45(6,7)8)21-12-10-9-11-16-30(4)40(53)34(41(54)47-39)24-23-31(5)50/h9-12,14,17-19,26,28,30,34-37,39-40,48,51,53H,13,15-16,20-25,27H2,1-8H3,(H,46,55)(H,47,54). The Morgan fingerprint density at radius 2 is 1.69 bits per heavy atom. The summed E-state index contributed by atoms with van der Waals surface area (Å²) in [5.41, 5.74) is 3.92. The molecule has 0 radical (unpaired) electrons. The van der Waals surface area contributed by atoms with Crippen LogP contribution in [0.2, 0.25) is 0 Å². The van der Waals surface area contributed by atoms with E-state index in [4.69, 9.17) is 4.74 Å². The van der Waals surface area contributed by atoms with E-state index in [1.54, 1.807) is 26.0 Å². The summed E-state index contributed by atoms with van der Waals surface area (Å²) in [7, 11) is 0. The number of cyclic esters (lactones) is 1. The third-order valence-electron chi connectivity index (χ3n) is 10.8. The molecule has 3 rings (SSSR count). The molecule has 2 bridgehead atoms. The lowest BCUT2D eigenvalue weighted by Crippen LogP contribution is -2.62. The third-order valence-corrected chi connectivity index (χ3v) is 10.8. The second kappa shape index (κ2) is 22.5. The Labute approximate surface area is 344 Å². The zero-order valence-corrected chi connectivity index (χ0v) is 35.6. The molecule has 0 aromatic heterocycles. The van der Waals surface area contributed by atoms with Crippen LogP contribution in [0.5, 0.6) is 5.75 Å². The topological polar surface area (TPSA) is 191 Å². The lowest BCUT2D eigenvalue weighted by molar-refractivity contribution is -0.156. The number of carbonyl (C=O) groups excluding carboxylic acids is 6. The average Bonchev–Trinajstić information content (AvgIpc) is 3.15. The van der Waals surface area contributed by atoms with Crippen molar-refractivity contribution in [3.63, 3.8) is 0 Å². The molecular formula is C45H66N4O9. The van der Waals surface area contributed by atoms with Crippen molar-refractivity contribution in [3.8, 4) is 5.75 Å². The van der Waals surface area contributed by atoms with Gasteiger partial charge in [0.1, 0.15) is 41.5 Å². The van der Waals surface area contributed by atoms with Gasteiger partial charge in [-0.3, -0.25) is 29.0 Å². The van der Waals surface area contributed by atoms with Crippen molar-refractivity contribution in [1.82, 2.24) is 21.1 Å². The van der Waals surface area contributed by atoms with Gasteiger partial charge in [-0.2, -0.15) is 0 Å². The summed E-state index contributed by atoms with van der Waals surface area (Å²) in [6.45, 7) is 14.5. The van der Waals surface area contributed by atoms with Crippen molar-refractivity contribution < 1.29 is 43.7 Å². The Kier molecular flexibility index (Phi) is 18.5. The van der Waals surface area contributed by atoms with Crippen LogP contribution in [0.25, 0.3) is 0 Å². The molecule has 1 saturated heterocycles. The van der Waals surface area contributed by atoms with Gasteiger partial charge in [0, 0.05) is 37.6 Å². The number of esters is 1. The zero-order chi connectivity index (χ0) is 43.2. The molecule has 1 aromatic carbocycles. The Balaban J connectivity index is 2.03. The molecular weight excluding hydrogens is 741 g/mol. The predicted octanol–water partition coefficient (Wildman–Crippen LogP) is 5.20. The molecule has 320 valence electrons. The second-order valence-electron chi connectivity index (χ2n) is 17.2. The summed E-state index contributed by atoms with van der Waals surface area (Å²) in [5, 5.41) is 28.6. The number of phenolic OH excluding ortho intramolecular Hbond substituents is 1. The van der Waals surface area contributed by atoms with Gasteiger partial charge in [-0.25, -0.2) is 5.43 Å². The van der Waals surface area contributed by atoms with Gasteiger partial charge in [0.15, 0.2) is 0 Å². The smallest absolute Gasteiger partial charge is 0.325 e. The Bertz CT molecular complexity index is 1690. The number of hydrazine groups is 1. The summed E-state index contributed by atoms with van der Waals surface area (Å²) in [6.07, 6.45) is 10.1. The first-order valence-electron chi connectivity index (χ1n) is 20.6. The fraction of sp³-hybridized carbons (Fsp3) is 0.600. The number of aliphatic hydroxyl groups excluding tert-OH is 1. The second-order valence-corrected chi connectivity index (χ2v) is 17.2. The first-order valence-corrected chi connectivity index (χ1v) is 20.6. The average molecular weight is 807 g/mol. The number of fused-ring (bicyclic) bond motifs is 2. The number of amides is 3. The summed E-state index contributed by atoms with van der Waals surface area (Å²) in [5.74, 6) is -4.12. The Morgan fingerprint density at radius 1 is 1.00 bits per heavy atom. The number of Topliss-reactive ketones (excluding diaryl/α,β-unsaturated/α-hetero) is 2. The minimum atomic E-state index is -1.17. The van der Waals surface area contributed by atoms with Crippen molar-refractivity contribution in [2.45, 2.75) is 144 Å². The molecule has 2 aliphatic heterocycles. The molecule has 2 aliphatic rings. The monoisotopic (exact) mass is 806 g/mol. The first-order chi connectivity index (χ1) is 27.3. The van der Waals surface area contributed by atoms with E-state index in [9.17, 15) is 39.0 Å². The molecule has 58 heavy (non-hydrogen) atoms. The van der Waals surface area contributed by atoms with Gasteiger partial charge in [-0.05, 0) is 81.1 Å². The Morgan fingerprint density at radius 3 is 2.33 bits per heavy atom. The van der Waals surface area contributed by atoms with Gasteiger partial charge in [-0.15, -0.1) is 0 Å². The normalized spacial score (nSPS) is 26.3. The van der Waals surface area contributed by atoms with Crippen LogP contribution in [0.4, 0.5) is 0 Å². The highest BCUT2D eigenvalue weighted by molar-refractivity contribution is 5.93. The molecule has 1 fully saturated rings. The number of hydrogen-bond acceptors (Lipinski definition) is 10. The largest absolute Gasteiger partial charge is 0.508 e. The van der Waals surface area contributed by atoms with Gasteiger partial charge < -0.3 is 30.4 Å². The fourth-order valence-corrected chi connectivity index (χ4v) is 6.97. The highest BCUT2D eigenvalue weighted by atomic mass is 16.5. The highest BCUT2D eigenvalue weighted by Gasteiger charge is 2.38. The molecule has 1 aromatic rings. The van der Waals surface area contributed by atoms with Crippen LogP contribution in [0.15, 0.2) is 60.2 Å². The van der Waals surface area contributed by atoms with E-state index in [0.717, 1.165) is 5.57 Å². The molecule has 0 saturated carbocycles. The number of allylic oxidation sites excluding steroid dienone is 4. The van der Waals surface area contributed by atoms with Gasteiger partial charge in [0.25, 0.3) is 5.91 Å². The molecule has 7 atom stereocenters. The summed E-state index contributed by atoms with van der Waals surface area (Å²) < 4.78 is 6.09. The number of phenols is 1. The van der Waals surface area contributed by atoms with E-state index in [1.807, 2.05) is 65.0 Å². The first kappa shape index (κ1) is 47.8. The zero-order valence-electron chi connectivity index (χ0n) is 35.6. The lowest BCUT2D eigenvalue weighted by Gasteiger charge is -2.36. The molecule has 2 heterocycles. The van der Waals surface area contributed by atoms with E-state index >= 15 is 0 Å². The van der Waals surface area contributed by atoms with Crippen LogP contribution in [0.3, 0.4) is 0 Å². The molecule has 7 unspecified atom stereocenters. The number of nitrogens with one attached hydrogen (secondary N) is 3. The van der Waals surface area contributed by atoms with Crippen molar-refractivity contribution in [1.29, 1.82) is 0 Å². The van der Waals surface area contributed by atoms with Crippen LogP contribution in [0.1, 0.15) is 112 Å². The number of aromatic hydroxyl groups is 1. The fourth-order valence-electron chi connectivity index (χ4n) is 6.97. The van der Waals surface area contributed by atoms with Crippen molar-refractivity contribution >= 4 is 35.3 Å². The minimum absolute atomic E-state index is 0.00781. The quantitative estimate of drug-likeness (QED) is 0.155. The maximum atomic E-state index is 14.3. The maximum Gasteiger partial charge on any atom is 0.325 e. The number of benzene rings is 1. The van der Waals surface area contributed by atoms with Gasteiger partial charge in [-0.1, -0.05) is 84.1 Å². The number of carbonyl (C=O) groups is 6. The van der Waals surface area contributed by atoms with E-state index in [-0.39, 0.29) is 43.1 Å². The van der Waals surface area contributed by atoms with Crippen LogP contribution < -0.4 is 16.1 Å². The van der Waals surface area contributed by atoms with Crippen LogP contribution in [-0.4, -0.2) is 87.4 Å². The molecule has 0 spiro atoms. The van der Waals surface area contributed by atoms with Crippen molar-refractivity contribution in [2.24, 2.45) is 23.2 Å².